The summed E-state index contributed by atoms with van der Waals surface area (Å²) in [5.41, 5.74) is 6.94. The van der Waals surface area contributed by atoms with Gasteiger partial charge in [0.15, 0.2) is 0 Å². The van der Waals surface area contributed by atoms with E-state index in [0.29, 0.717) is 22.9 Å². The highest BCUT2D eigenvalue weighted by molar-refractivity contribution is 6.31. The van der Waals surface area contributed by atoms with Crippen molar-refractivity contribution in [2.75, 3.05) is 5.73 Å². The van der Waals surface area contributed by atoms with Crippen LogP contribution in [-0.4, -0.2) is 9.97 Å². The van der Waals surface area contributed by atoms with Crippen LogP contribution >= 0.6 is 11.6 Å². The van der Waals surface area contributed by atoms with Crippen LogP contribution in [0.3, 0.4) is 0 Å². The second-order valence-electron chi connectivity index (χ2n) is 5.38. The van der Waals surface area contributed by atoms with Crippen molar-refractivity contribution in [3.05, 3.63) is 40.9 Å². The number of nitrogens with two attached hydrogens (primary N) is 1. The molecule has 0 amide bonds. The summed E-state index contributed by atoms with van der Waals surface area (Å²) in [6.07, 6.45) is 0. The molecule has 0 unspecified atom stereocenters. The molecule has 3 nitrogen and oxygen atoms in total. The van der Waals surface area contributed by atoms with Crippen LogP contribution in [0.1, 0.15) is 26.6 Å². The highest BCUT2D eigenvalue weighted by atomic mass is 35.5. The molecular formula is C14H15ClFN3. The number of halogens is 2. The third-order valence-corrected chi connectivity index (χ3v) is 2.92. The average Bonchev–Trinajstić information content (AvgIpc) is 2.31. The minimum absolute atomic E-state index is 0.0620. The Morgan fingerprint density at radius 2 is 1.84 bits per heavy atom. The molecule has 1 aromatic carbocycles. The molecule has 2 rings (SSSR count). The van der Waals surface area contributed by atoms with Gasteiger partial charge in [-0.1, -0.05) is 32.4 Å². The van der Waals surface area contributed by atoms with Gasteiger partial charge in [0.2, 0.25) is 0 Å². The van der Waals surface area contributed by atoms with Gasteiger partial charge >= 0.3 is 0 Å². The Hall–Kier alpha value is -1.68. The maximum Gasteiger partial charge on any atom is 0.141 e. The summed E-state index contributed by atoms with van der Waals surface area (Å²) in [5, 5.41) is 0.0620. The average molecular weight is 280 g/mol. The quantitative estimate of drug-likeness (QED) is 0.863. The standard InChI is InChI=1S/C14H15ClFN3/c1-14(2,3)13-18-11(7-12(17)19-13)8-4-5-10(16)9(15)6-8/h4-7H,1-3H3,(H2,17,18,19). The maximum atomic E-state index is 13.2. The van der Waals surface area contributed by atoms with Crippen LogP contribution in [0.2, 0.25) is 5.02 Å². The summed E-state index contributed by atoms with van der Waals surface area (Å²) in [5.74, 6) is 0.571. The van der Waals surface area contributed by atoms with Crippen LogP contribution in [0.5, 0.6) is 0 Å². The van der Waals surface area contributed by atoms with Crippen molar-refractivity contribution in [1.82, 2.24) is 9.97 Å². The smallest absolute Gasteiger partial charge is 0.141 e. The first-order valence-electron chi connectivity index (χ1n) is 5.88. The Morgan fingerprint density at radius 1 is 1.16 bits per heavy atom. The van der Waals surface area contributed by atoms with E-state index in [2.05, 4.69) is 9.97 Å². The molecule has 2 N–H and O–H groups in total. The lowest BCUT2D eigenvalue weighted by molar-refractivity contribution is 0.547. The van der Waals surface area contributed by atoms with Crippen molar-refractivity contribution in [2.45, 2.75) is 26.2 Å². The zero-order valence-corrected chi connectivity index (χ0v) is 11.8. The van der Waals surface area contributed by atoms with E-state index in [0.717, 1.165) is 0 Å². The van der Waals surface area contributed by atoms with Crippen molar-refractivity contribution in [1.29, 1.82) is 0 Å². The lowest BCUT2D eigenvalue weighted by atomic mass is 9.95. The van der Waals surface area contributed by atoms with E-state index < -0.39 is 5.82 Å². The molecule has 0 saturated carbocycles. The summed E-state index contributed by atoms with van der Waals surface area (Å²) in [6, 6.07) is 6.12. The summed E-state index contributed by atoms with van der Waals surface area (Å²) >= 11 is 5.78. The number of aromatic nitrogens is 2. The molecule has 0 atom stereocenters. The number of nitrogens with zero attached hydrogens (tertiary/aromatic N) is 2. The zero-order valence-electron chi connectivity index (χ0n) is 11.0. The van der Waals surface area contributed by atoms with Crippen molar-refractivity contribution in [3.8, 4) is 11.3 Å². The molecule has 0 aliphatic rings. The maximum absolute atomic E-state index is 13.2. The zero-order chi connectivity index (χ0) is 14.2. The predicted molar refractivity (Wildman–Crippen MR) is 75.5 cm³/mol. The van der Waals surface area contributed by atoms with Gasteiger partial charge in [-0.15, -0.1) is 0 Å². The van der Waals surface area contributed by atoms with E-state index in [1.807, 2.05) is 20.8 Å². The molecule has 0 spiro atoms. The van der Waals surface area contributed by atoms with Gasteiger partial charge in [0, 0.05) is 17.0 Å². The van der Waals surface area contributed by atoms with Crippen LogP contribution in [0.25, 0.3) is 11.3 Å². The van der Waals surface area contributed by atoms with Crippen LogP contribution in [-0.2, 0) is 5.41 Å². The fourth-order valence-corrected chi connectivity index (χ4v) is 1.79. The lowest BCUT2D eigenvalue weighted by Crippen LogP contribution is -2.17. The van der Waals surface area contributed by atoms with Crippen LogP contribution in [0.15, 0.2) is 24.3 Å². The summed E-state index contributed by atoms with van der Waals surface area (Å²) in [7, 11) is 0. The minimum Gasteiger partial charge on any atom is -0.384 e. The van der Waals surface area contributed by atoms with E-state index in [1.165, 1.54) is 12.1 Å². The molecule has 0 aliphatic carbocycles. The summed E-state index contributed by atoms with van der Waals surface area (Å²) in [6.45, 7) is 6.01. The number of rotatable bonds is 1. The summed E-state index contributed by atoms with van der Waals surface area (Å²) in [4.78, 5) is 8.70. The first-order valence-corrected chi connectivity index (χ1v) is 6.25. The lowest BCUT2D eigenvalue weighted by Gasteiger charge is -2.17. The van der Waals surface area contributed by atoms with Crippen molar-refractivity contribution in [2.24, 2.45) is 0 Å². The van der Waals surface area contributed by atoms with Crippen molar-refractivity contribution >= 4 is 17.4 Å². The molecule has 1 heterocycles. The van der Waals surface area contributed by atoms with E-state index in [4.69, 9.17) is 17.3 Å². The van der Waals surface area contributed by atoms with Crippen LogP contribution < -0.4 is 5.73 Å². The highest BCUT2D eigenvalue weighted by Gasteiger charge is 2.19. The second kappa shape index (κ2) is 4.78. The molecule has 0 aliphatic heterocycles. The van der Waals surface area contributed by atoms with Gasteiger partial charge in [0.05, 0.1) is 10.7 Å². The Bertz CT molecular complexity index is 621. The van der Waals surface area contributed by atoms with Gasteiger partial charge in [-0.05, 0) is 18.2 Å². The molecule has 0 bridgehead atoms. The predicted octanol–water partition coefficient (Wildman–Crippen LogP) is 3.82. The SMILES string of the molecule is CC(C)(C)c1nc(N)cc(-c2ccc(F)c(Cl)c2)n1. The van der Waals surface area contributed by atoms with Gasteiger partial charge in [-0.2, -0.15) is 0 Å². The fraction of sp³-hybridized carbons (Fsp3) is 0.286. The van der Waals surface area contributed by atoms with E-state index in [-0.39, 0.29) is 10.4 Å². The number of hydrogen-bond donors (Lipinski definition) is 1. The highest BCUT2D eigenvalue weighted by Crippen LogP contribution is 2.27. The number of benzene rings is 1. The molecule has 0 radical (unpaired) electrons. The third-order valence-electron chi connectivity index (χ3n) is 2.63. The molecule has 0 fully saturated rings. The van der Waals surface area contributed by atoms with Crippen LogP contribution in [0, 0.1) is 5.82 Å². The van der Waals surface area contributed by atoms with E-state index in [1.54, 1.807) is 12.1 Å². The molecule has 5 heteroatoms. The van der Waals surface area contributed by atoms with Crippen molar-refractivity contribution < 1.29 is 4.39 Å². The normalized spacial score (nSPS) is 11.6. The molecule has 1 aromatic heterocycles. The van der Waals surface area contributed by atoms with Crippen molar-refractivity contribution in [3.63, 3.8) is 0 Å². The Kier molecular flexibility index (Phi) is 3.45. The van der Waals surface area contributed by atoms with Gasteiger partial charge in [-0.3, -0.25) is 0 Å². The Labute approximate surface area is 116 Å². The fourth-order valence-electron chi connectivity index (χ4n) is 1.60. The second-order valence-corrected chi connectivity index (χ2v) is 5.79. The number of nitrogen functional groups attached to an aromatic ring is 1. The molecule has 2 aromatic rings. The monoisotopic (exact) mass is 279 g/mol. The molecule has 100 valence electrons. The molecule has 19 heavy (non-hydrogen) atoms. The summed E-state index contributed by atoms with van der Waals surface area (Å²) < 4.78 is 13.2. The van der Waals surface area contributed by atoms with E-state index >= 15 is 0 Å². The number of anilines is 1. The largest absolute Gasteiger partial charge is 0.384 e. The first-order chi connectivity index (χ1) is 8.77. The van der Waals surface area contributed by atoms with Gasteiger partial charge in [0.25, 0.3) is 0 Å². The third kappa shape index (κ3) is 3.01. The van der Waals surface area contributed by atoms with Gasteiger partial charge in [0.1, 0.15) is 17.5 Å². The first kappa shape index (κ1) is 13.7. The molecule has 0 saturated heterocycles. The van der Waals surface area contributed by atoms with Crippen LogP contribution in [0.4, 0.5) is 10.2 Å². The topological polar surface area (TPSA) is 51.8 Å². The van der Waals surface area contributed by atoms with E-state index in [9.17, 15) is 4.39 Å². The van der Waals surface area contributed by atoms with Gasteiger partial charge in [-0.25, -0.2) is 14.4 Å². The molecular weight excluding hydrogens is 265 g/mol. The Balaban J connectivity index is 2.56. The number of hydrogen-bond acceptors (Lipinski definition) is 3. The Morgan fingerprint density at radius 3 is 2.42 bits per heavy atom. The van der Waals surface area contributed by atoms with Gasteiger partial charge < -0.3 is 5.73 Å². The minimum atomic E-state index is -0.455.